The highest BCUT2D eigenvalue weighted by Gasteiger charge is 2.28. The van der Waals surface area contributed by atoms with Gasteiger partial charge in [-0.05, 0) is 42.3 Å². The number of esters is 1. The molecule has 2 aromatic rings. The van der Waals surface area contributed by atoms with Crippen molar-refractivity contribution in [1.82, 2.24) is 0 Å². The first-order valence-corrected chi connectivity index (χ1v) is 8.42. The van der Waals surface area contributed by atoms with Gasteiger partial charge in [-0.3, -0.25) is 4.79 Å². The molecule has 1 aliphatic rings. The summed E-state index contributed by atoms with van der Waals surface area (Å²) in [7, 11) is 3.19. The van der Waals surface area contributed by atoms with Gasteiger partial charge in [0.25, 0.3) is 0 Å². The maximum absolute atomic E-state index is 11.2. The second-order valence-electron chi connectivity index (χ2n) is 6.03. The Balaban J connectivity index is 1.91. The van der Waals surface area contributed by atoms with Crippen LogP contribution >= 0.6 is 0 Å². The summed E-state index contributed by atoms with van der Waals surface area (Å²) < 4.78 is 22.2. The monoisotopic (exact) mass is 354 g/mol. The van der Waals surface area contributed by atoms with E-state index in [0.29, 0.717) is 11.5 Å². The molecule has 0 radical (unpaired) electrons. The van der Waals surface area contributed by atoms with Gasteiger partial charge in [0.1, 0.15) is 6.10 Å². The molecule has 0 amide bonds. The van der Waals surface area contributed by atoms with Crippen molar-refractivity contribution in [1.29, 1.82) is 0 Å². The molecule has 1 heterocycles. The van der Waals surface area contributed by atoms with Gasteiger partial charge in [-0.25, -0.2) is 0 Å². The van der Waals surface area contributed by atoms with Crippen LogP contribution in [0, 0.1) is 0 Å². The fourth-order valence-corrected chi connectivity index (χ4v) is 3.10. The lowest BCUT2D eigenvalue weighted by atomic mass is 10.0. The Hall–Kier alpha value is -2.95. The van der Waals surface area contributed by atoms with Crippen molar-refractivity contribution in [2.45, 2.75) is 26.4 Å². The number of carbonyl (C=O) groups excluding carboxylic acids is 1. The van der Waals surface area contributed by atoms with Crippen molar-refractivity contribution >= 4 is 12.0 Å². The fourth-order valence-electron chi connectivity index (χ4n) is 3.10. The number of ether oxygens (including phenoxy) is 4. The number of allylic oxidation sites excluding steroid dienone is 1. The number of benzene rings is 2. The number of methoxy groups -OCH3 is 2. The molecule has 2 aromatic carbocycles. The van der Waals surface area contributed by atoms with Crippen molar-refractivity contribution in [3.8, 4) is 23.0 Å². The van der Waals surface area contributed by atoms with Crippen molar-refractivity contribution in [3.05, 3.63) is 53.1 Å². The molecule has 136 valence electrons. The van der Waals surface area contributed by atoms with E-state index in [1.807, 2.05) is 37.3 Å². The summed E-state index contributed by atoms with van der Waals surface area (Å²) in [5.41, 5.74) is 3.13. The lowest BCUT2D eigenvalue weighted by molar-refractivity contribution is -0.132. The topological polar surface area (TPSA) is 54.0 Å². The minimum atomic E-state index is -0.387. The lowest BCUT2D eigenvalue weighted by Crippen LogP contribution is -2.06. The Bertz CT molecular complexity index is 854. The summed E-state index contributed by atoms with van der Waals surface area (Å²) >= 11 is 0. The number of hydrogen-bond donors (Lipinski definition) is 0. The zero-order chi connectivity index (χ0) is 18.7. The first kappa shape index (κ1) is 17.9. The predicted molar refractivity (Wildman–Crippen MR) is 99.1 cm³/mol. The lowest BCUT2D eigenvalue weighted by Gasteiger charge is -2.15. The molecule has 1 aliphatic heterocycles. The van der Waals surface area contributed by atoms with E-state index < -0.39 is 0 Å². The molecule has 3 rings (SSSR count). The van der Waals surface area contributed by atoms with Crippen LogP contribution < -0.4 is 18.9 Å². The van der Waals surface area contributed by atoms with Crippen LogP contribution in [0.25, 0.3) is 6.08 Å². The quantitative estimate of drug-likeness (QED) is 0.591. The molecule has 0 unspecified atom stereocenters. The van der Waals surface area contributed by atoms with Gasteiger partial charge >= 0.3 is 5.97 Å². The molecular weight excluding hydrogens is 332 g/mol. The molecular formula is C21H22O5. The van der Waals surface area contributed by atoms with E-state index in [1.165, 1.54) is 6.92 Å². The van der Waals surface area contributed by atoms with E-state index >= 15 is 0 Å². The van der Waals surface area contributed by atoms with E-state index in [-0.39, 0.29) is 12.1 Å². The van der Waals surface area contributed by atoms with Crippen LogP contribution in [0.4, 0.5) is 0 Å². The van der Waals surface area contributed by atoms with Crippen molar-refractivity contribution in [3.63, 3.8) is 0 Å². The first-order chi connectivity index (χ1) is 12.5. The van der Waals surface area contributed by atoms with Crippen LogP contribution in [-0.4, -0.2) is 20.2 Å². The fraction of sp³-hybridized carbons (Fsp3) is 0.286. The predicted octanol–water partition coefficient (Wildman–Crippen LogP) is 4.34. The summed E-state index contributed by atoms with van der Waals surface area (Å²) in [6.45, 7) is 3.34. The minimum absolute atomic E-state index is 0.153. The maximum atomic E-state index is 11.2. The van der Waals surface area contributed by atoms with Crippen LogP contribution in [0.3, 0.4) is 0 Å². The highest BCUT2D eigenvalue weighted by molar-refractivity contribution is 5.70. The standard InChI is InChI=1S/C21H22O5/c1-5-6-14-9-16-12-18(26-21(16)20(10-14)24-4)15-7-8-17(25-13(2)22)19(11-15)23-3/h5-11,18H,12H2,1-4H3/b6-5+/t18-/m0/s1. The molecule has 5 nitrogen and oxygen atoms in total. The maximum Gasteiger partial charge on any atom is 0.308 e. The third-order valence-electron chi connectivity index (χ3n) is 4.21. The molecule has 0 saturated heterocycles. The van der Waals surface area contributed by atoms with Crippen molar-refractivity contribution in [2.75, 3.05) is 14.2 Å². The Morgan fingerprint density at radius 1 is 1.12 bits per heavy atom. The zero-order valence-electron chi connectivity index (χ0n) is 15.4. The van der Waals surface area contributed by atoms with Crippen LogP contribution in [0.5, 0.6) is 23.0 Å². The van der Waals surface area contributed by atoms with Gasteiger partial charge in [0.2, 0.25) is 0 Å². The van der Waals surface area contributed by atoms with Gasteiger partial charge in [0.15, 0.2) is 23.0 Å². The molecule has 0 aromatic heterocycles. The molecule has 0 N–H and O–H groups in total. The number of carbonyl (C=O) groups is 1. The molecule has 0 aliphatic carbocycles. The molecule has 0 bridgehead atoms. The second-order valence-corrected chi connectivity index (χ2v) is 6.03. The Morgan fingerprint density at radius 3 is 2.54 bits per heavy atom. The number of rotatable bonds is 5. The van der Waals surface area contributed by atoms with Crippen LogP contribution in [0.2, 0.25) is 0 Å². The highest BCUT2D eigenvalue weighted by Crippen LogP contribution is 2.45. The molecule has 0 spiro atoms. The number of fused-ring (bicyclic) bond motifs is 1. The van der Waals surface area contributed by atoms with E-state index in [9.17, 15) is 4.79 Å². The summed E-state index contributed by atoms with van der Waals surface area (Å²) in [5.74, 6) is 2.00. The van der Waals surface area contributed by atoms with Gasteiger partial charge in [-0.1, -0.05) is 18.2 Å². The third kappa shape index (κ3) is 3.52. The second kappa shape index (κ2) is 7.52. The van der Waals surface area contributed by atoms with Crippen LogP contribution in [0.1, 0.15) is 36.6 Å². The van der Waals surface area contributed by atoms with E-state index in [1.54, 1.807) is 20.3 Å². The summed E-state index contributed by atoms with van der Waals surface area (Å²) in [4.78, 5) is 11.2. The van der Waals surface area contributed by atoms with Gasteiger partial charge in [-0.15, -0.1) is 0 Å². The summed E-state index contributed by atoms with van der Waals surface area (Å²) in [6, 6.07) is 9.53. The van der Waals surface area contributed by atoms with Crippen LogP contribution in [0.15, 0.2) is 36.4 Å². The first-order valence-electron chi connectivity index (χ1n) is 8.42. The Labute approximate surface area is 153 Å². The summed E-state index contributed by atoms with van der Waals surface area (Å²) in [6.07, 6.45) is 4.60. The molecule has 26 heavy (non-hydrogen) atoms. The van der Waals surface area contributed by atoms with E-state index in [0.717, 1.165) is 34.6 Å². The van der Waals surface area contributed by atoms with Crippen LogP contribution in [-0.2, 0) is 11.2 Å². The minimum Gasteiger partial charge on any atom is -0.493 e. The van der Waals surface area contributed by atoms with Crippen molar-refractivity contribution < 1.29 is 23.7 Å². The largest absolute Gasteiger partial charge is 0.493 e. The molecule has 1 atom stereocenters. The highest BCUT2D eigenvalue weighted by atomic mass is 16.6. The smallest absolute Gasteiger partial charge is 0.308 e. The zero-order valence-corrected chi connectivity index (χ0v) is 15.4. The summed E-state index contributed by atoms with van der Waals surface area (Å²) in [5, 5.41) is 0. The Kier molecular flexibility index (Phi) is 5.16. The van der Waals surface area contributed by atoms with Gasteiger partial charge < -0.3 is 18.9 Å². The van der Waals surface area contributed by atoms with Crippen molar-refractivity contribution in [2.24, 2.45) is 0 Å². The molecule has 5 heteroatoms. The van der Waals surface area contributed by atoms with Gasteiger partial charge in [-0.2, -0.15) is 0 Å². The third-order valence-corrected chi connectivity index (χ3v) is 4.21. The Morgan fingerprint density at radius 2 is 1.88 bits per heavy atom. The normalized spacial score (nSPS) is 15.5. The average molecular weight is 354 g/mol. The molecule has 0 saturated carbocycles. The molecule has 0 fully saturated rings. The van der Waals surface area contributed by atoms with Gasteiger partial charge in [0, 0.05) is 18.9 Å². The van der Waals surface area contributed by atoms with E-state index in [2.05, 4.69) is 6.07 Å². The average Bonchev–Trinajstić information content (AvgIpc) is 3.05. The van der Waals surface area contributed by atoms with Gasteiger partial charge in [0.05, 0.1) is 14.2 Å². The van der Waals surface area contributed by atoms with E-state index in [4.69, 9.17) is 18.9 Å². The number of hydrogen-bond acceptors (Lipinski definition) is 5. The SMILES string of the molecule is C/C=C/c1cc2c(c(OC)c1)O[C@H](c1ccc(OC(C)=O)c(OC)c1)C2.